The van der Waals surface area contributed by atoms with Crippen molar-refractivity contribution in [3.63, 3.8) is 0 Å². The Balaban J connectivity index is 2.23. The van der Waals surface area contributed by atoms with Gasteiger partial charge in [-0.1, -0.05) is 6.07 Å². The monoisotopic (exact) mass is 315 g/mol. The maximum atomic E-state index is 13.9. The Morgan fingerprint density at radius 3 is 2.89 bits per heavy atom. The minimum Gasteiger partial charge on any atom is -0.376 e. The van der Waals surface area contributed by atoms with Gasteiger partial charge in [-0.3, -0.25) is 4.79 Å². The van der Waals surface area contributed by atoms with Crippen molar-refractivity contribution in [2.24, 2.45) is 0 Å². The van der Waals surface area contributed by atoms with Crippen molar-refractivity contribution in [2.75, 3.05) is 13.7 Å². The molecule has 0 spiro atoms. The molecule has 2 rings (SSSR count). The molecule has 1 aromatic carbocycles. The van der Waals surface area contributed by atoms with Crippen LogP contribution >= 0.6 is 15.9 Å². The minimum absolute atomic E-state index is 0.00540. The molecule has 1 saturated heterocycles. The summed E-state index contributed by atoms with van der Waals surface area (Å²) in [5.41, 5.74) is 0.0889. The number of amides is 1. The van der Waals surface area contributed by atoms with Crippen molar-refractivity contribution in [1.29, 1.82) is 0 Å². The molecular weight excluding hydrogens is 301 g/mol. The van der Waals surface area contributed by atoms with Crippen molar-refractivity contribution in [1.82, 2.24) is 4.90 Å². The zero-order chi connectivity index (χ0) is 13.3. The quantitative estimate of drug-likeness (QED) is 0.840. The number of halogens is 2. The van der Waals surface area contributed by atoms with Crippen LogP contribution in [0.3, 0.4) is 0 Å². The van der Waals surface area contributed by atoms with E-state index < -0.39 is 5.82 Å². The smallest absolute Gasteiger partial charge is 0.256 e. The highest BCUT2D eigenvalue weighted by Gasteiger charge is 2.32. The summed E-state index contributed by atoms with van der Waals surface area (Å²) in [6, 6.07) is 4.74. The van der Waals surface area contributed by atoms with E-state index in [2.05, 4.69) is 15.9 Å². The number of likely N-dealkylation sites (N-methyl/N-ethyl adjacent to an activating group) is 1. The lowest BCUT2D eigenvalue weighted by Crippen LogP contribution is -2.41. The Hall–Kier alpha value is -0.940. The van der Waals surface area contributed by atoms with Crippen LogP contribution in [0.4, 0.5) is 4.39 Å². The normalized spacial score (nSPS) is 23.1. The van der Waals surface area contributed by atoms with Crippen LogP contribution in [0.25, 0.3) is 0 Å². The number of nitrogens with zero attached hydrogens (tertiary/aromatic N) is 1. The Kier molecular flexibility index (Phi) is 4.02. The summed E-state index contributed by atoms with van der Waals surface area (Å²) in [7, 11) is 1.69. The number of benzene rings is 1. The highest BCUT2D eigenvalue weighted by molar-refractivity contribution is 9.10. The minimum atomic E-state index is -0.513. The second-order valence-corrected chi connectivity index (χ2v) is 5.30. The molecule has 0 saturated carbocycles. The van der Waals surface area contributed by atoms with Gasteiger partial charge in [0.1, 0.15) is 5.82 Å². The average molecular weight is 316 g/mol. The first-order chi connectivity index (χ1) is 8.52. The maximum absolute atomic E-state index is 13.9. The first-order valence-electron chi connectivity index (χ1n) is 5.85. The molecule has 1 aliphatic heterocycles. The second kappa shape index (κ2) is 5.36. The van der Waals surface area contributed by atoms with Crippen LogP contribution in [0.2, 0.25) is 0 Å². The summed E-state index contributed by atoms with van der Waals surface area (Å²) in [5, 5.41) is 0. The summed E-state index contributed by atoms with van der Waals surface area (Å²) in [6.07, 6.45) is 0.785. The second-order valence-electron chi connectivity index (χ2n) is 4.45. The predicted molar refractivity (Wildman–Crippen MR) is 70.0 cm³/mol. The summed E-state index contributed by atoms with van der Waals surface area (Å²) < 4.78 is 19.6. The SMILES string of the molecule is CC1OCCC1N(C)C(=O)c1cccc(Br)c1F. The van der Waals surface area contributed by atoms with Gasteiger partial charge in [0.15, 0.2) is 0 Å². The molecule has 1 aromatic rings. The van der Waals surface area contributed by atoms with Gasteiger partial charge in [-0.25, -0.2) is 4.39 Å². The largest absolute Gasteiger partial charge is 0.376 e. The van der Waals surface area contributed by atoms with Crippen LogP contribution in [0.5, 0.6) is 0 Å². The standard InChI is InChI=1S/C13H15BrFNO2/c1-8-11(6-7-18-8)16(2)13(17)9-4-3-5-10(14)12(9)15/h3-5,8,11H,6-7H2,1-2H3. The lowest BCUT2D eigenvalue weighted by Gasteiger charge is -2.27. The molecule has 2 atom stereocenters. The fourth-order valence-electron chi connectivity index (χ4n) is 2.24. The van der Waals surface area contributed by atoms with Crippen LogP contribution in [0, 0.1) is 5.82 Å². The summed E-state index contributed by atoms with van der Waals surface area (Å²) in [4.78, 5) is 13.8. The van der Waals surface area contributed by atoms with Crippen molar-refractivity contribution in [3.05, 3.63) is 34.1 Å². The topological polar surface area (TPSA) is 29.5 Å². The number of ether oxygens (including phenoxy) is 1. The maximum Gasteiger partial charge on any atom is 0.256 e. The van der Waals surface area contributed by atoms with E-state index in [4.69, 9.17) is 4.74 Å². The molecule has 1 amide bonds. The zero-order valence-corrected chi connectivity index (χ0v) is 11.9. The summed E-state index contributed by atoms with van der Waals surface area (Å²) in [5.74, 6) is -0.822. The van der Waals surface area contributed by atoms with Crippen LogP contribution in [-0.4, -0.2) is 36.6 Å². The molecule has 0 N–H and O–H groups in total. The lowest BCUT2D eigenvalue weighted by molar-refractivity contribution is 0.0570. The molecule has 0 aromatic heterocycles. The van der Waals surface area contributed by atoms with E-state index in [-0.39, 0.29) is 23.6 Å². The van der Waals surface area contributed by atoms with E-state index in [1.54, 1.807) is 24.1 Å². The Morgan fingerprint density at radius 1 is 1.56 bits per heavy atom. The number of rotatable bonds is 2. The highest BCUT2D eigenvalue weighted by atomic mass is 79.9. The van der Waals surface area contributed by atoms with Gasteiger partial charge in [0.2, 0.25) is 0 Å². The third-order valence-electron chi connectivity index (χ3n) is 3.34. The molecule has 5 heteroatoms. The van der Waals surface area contributed by atoms with Crippen molar-refractivity contribution in [2.45, 2.75) is 25.5 Å². The van der Waals surface area contributed by atoms with E-state index in [1.165, 1.54) is 6.07 Å². The fourth-order valence-corrected chi connectivity index (χ4v) is 2.60. The number of hydrogen-bond donors (Lipinski definition) is 0. The van der Waals surface area contributed by atoms with Gasteiger partial charge in [0.25, 0.3) is 5.91 Å². The van der Waals surface area contributed by atoms with Crippen LogP contribution in [0.1, 0.15) is 23.7 Å². The van der Waals surface area contributed by atoms with Gasteiger partial charge in [0, 0.05) is 13.7 Å². The Bertz CT molecular complexity index is 466. The van der Waals surface area contributed by atoms with E-state index in [1.807, 2.05) is 6.92 Å². The van der Waals surface area contributed by atoms with Crippen LogP contribution in [-0.2, 0) is 4.74 Å². The summed E-state index contributed by atoms with van der Waals surface area (Å²) >= 11 is 3.09. The molecule has 0 aliphatic carbocycles. The van der Waals surface area contributed by atoms with E-state index in [9.17, 15) is 9.18 Å². The van der Waals surface area contributed by atoms with E-state index in [0.29, 0.717) is 11.1 Å². The number of carbonyl (C=O) groups excluding carboxylic acids is 1. The molecule has 18 heavy (non-hydrogen) atoms. The van der Waals surface area contributed by atoms with Gasteiger partial charge in [0.05, 0.1) is 22.2 Å². The Morgan fingerprint density at radius 2 is 2.28 bits per heavy atom. The third kappa shape index (κ3) is 2.42. The molecule has 0 bridgehead atoms. The van der Waals surface area contributed by atoms with Crippen LogP contribution < -0.4 is 0 Å². The third-order valence-corrected chi connectivity index (χ3v) is 3.95. The highest BCUT2D eigenvalue weighted by Crippen LogP contribution is 2.23. The summed E-state index contributed by atoms with van der Waals surface area (Å²) in [6.45, 7) is 2.57. The number of carbonyl (C=O) groups is 1. The van der Waals surface area contributed by atoms with Crippen molar-refractivity contribution in [3.8, 4) is 0 Å². The average Bonchev–Trinajstić information content (AvgIpc) is 2.77. The van der Waals surface area contributed by atoms with Crippen LogP contribution in [0.15, 0.2) is 22.7 Å². The molecule has 1 fully saturated rings. The molecular formula is C13H15BrFNO2. The van der Waals surface area contributed by atoms with E-state index in [0.717, 1.165) is 6.42 Å². The van der Waals surface area contributed by atoms with Crippen molar-refractivity contribution < 1.29 is 13.9 Å². The van der Waals surface area contributed by atoms with Gasteiger partial charge in [-0.15, -0.1) is 0 Å². The molecule has 1 aliphatic rings. The fraction of sp³-hybridized carbons (Fsp3) is 0.462. The molecule has 98 valence electrons. The van der Waals surface area contributed by atoms with Gasteiger partial charge < -0.3 is 9.64 Å². The van der Waals surface area contributed by atoms with Crippen molar-refractivity contribution >= 4 is 21.8 Å². The first kappa shape index (κ1) is 13.5. The lowest BCUT2D eigenvalue weighted by atomic mass is 10.1. The van der Waals surface area contributed by atoms with Gasteiger partial charge in [-0.2, -0.15) is 0 Å². The molecule has 3 nitrogen and oxygen atoms in total. The zero-order valence-electron chi connectivity index (χ0n) is 10.3. The molecule has 1 heterocycles. The Labute approximate surface area is 114 Å². The number of hydrogen-bond acceptors (Lipinski definition) is 2. The van der Waals surface area contributed by atoms with Gasteiger partial charge in [-0.05, 0) is 41.4 Å². The van der Waals surface area contributed by atoms with Gasteiger partial charge >= 0.3 is 0 Å². The predicted octanol–water partition coefficient (Wildman–Crippen LogP) is 2.84. The molecule has 2 unspecified atom stereocenters. The first-order valence-corrected chi connectivity index (χ1v) is 6.64. The molecule has 0 radical (unpaired) electrons. The van der Waals surface area contributed by atoms with E-state index >= 15 is 0 Å².